The van der Waals surface area contributed by atoms with Gasteiger partial charge in [-0.1, -0.05) is 147 Å². The molecule has 1 aliphatic rings. The molecule has 8 aromatic carbocycles. The van der Waals surface area contributed by atoms with E-state index in [9.17, 15) is 0 Å². The summed E-state index contributed by atoms with van der Waals surface area (Å²) in [5.74, 6) is 0. The molecule has 0 saturated heterocycles. The Bertz CT molecular complexity index is 2770. The molecule has 1 aromatic heterocycles. The molecule has 0 unspecified atom stereocenters. The first kappa shape index (κ1) is 31.1. The Morgan fingerprint density at radius 3 is 1.66 bits per heavy atom. The molecule has 0 amide bonds. The summed E-state index contributed by atoms with van der Waals surface area (Å²) in [6, 6.07) is 70.7. The summed E-state index contributed by atoms with van der Waals surface area (Å²) in [6.07, 6.45) is 0. The van der Waals surface area contributed by atoms with Gasteiger partial charge in [0.2, 0.25) is 0 Å². The second-order valence-corrected chi connectivity index (χ2v) is 14.6. The van der Waals surface area contributed by atoms with Crippen molar-refractivity contribution >= 4 is 38.9 Å². The zero-order valence-corrected chi connectivity index (χ0v) is 29.9. The molecule has 252 valence electrons. The molecule has 1 aliphatic carbocycles. The van der Waals surface area contributed by atoms with Crippen molar-refractivity contribution in [3.05, 3.63) is 205 Å². The highest BCUT2D eigenvalue weighted by atomic mass is 15.1. The highest BCUT2D eigenvalue weighted by molar-refractivity contribution is 6.10. The van der Waals surface area contributed by atoms with Crippen molar-refractivity contribution in [1.82, 2.24) is 4.57 Å². The van der Waals surface area contributed by atoms with Gasteiger partial charge < -0.3 is 9.47 Å². The number of hydrogen-bond acceptors (Lipinski definition) is 1. The van der Waals surface area contributed by atoms with Crippen LogP contribution >= 0.6 is 0 Å². The number of para-hydroxylation sites is 3. The lowest BCUT2D eigenvalue weighted by Gasteiger charge is -2.28. The Morgan fingerprint density at radius 2 is 0.906 bits per heavy atom. The van der Waals surface area contributed by atoms with E-state index in [1.54, 1.807) is 0 Å². The van der Waals surface area contributed by atoms with E-state index >= 15 is 0 Å². The largest absolute Gasteiger partial charge is 0.310 e. The average Bonchev–Trinajstić information content (AvgIpc) is 3.67. The standard InChI is InChI=1S/C51H38N2/c1-51(2)47-19-11-9-17-43(47)44-32-30-42(34-48(44)51)52(39-13-5-3-6-14-39)41-28-25-36(26-29-41)35-21-23-37(24-22-35)38-27-31-46-45-18-10-12-20-49(45)53(50(46)33-38)40-15-7-4-8-16-40/h3-34H,1-2H3. The summed E-state index contributed by atoms with van der Waals surface area (Å²) >= 11 is 0. The second kappa shape index (κ2) is 12.3. The number of benzene rings is 8. The monoisotopic (exact) mass is 678 g/mol. The Kier molecular flexibility index (Phi) is 7.19. The second-order valence-electron chi connectivity index (χ2n) is 14.6. The van der Waals surface area contributed by atoms with Gasteiger partial charge in [0.15, 0.2) is 0 Å². The van der Waals surface area contributed by atoms with Crippen molar-refractivity contribution in [3.8, 4) is 39.1 Å². The van der Waals surface area contributed by atoms with Gasteiger partial charge in [0.05, 0.1) is 11.0 Å². The predicted octanol–water partition coefficient (Wildman–Crippen LogP) is 13.9. The summed E-state index contributed by atoms with van der Waals surface area (Å²) in [5, 5.41) is 2.54. The number of nitrogens with zero attached hydrogens (tertiary/aromatic N) is 2. The smallest absolute Gasteiger partial charge is 0.0547 e. The Balaban J connectivity index is 0.982. The first-order valence-electron chi connectivity index (χ1n) is 18.4. The predicted molar refractivity (Wildman–Crippen MR) is 224 cm³/mol. The highest BCUT2D eigenvalue weighted by Crippen LogP contribution is 2.50. The number of fused-ring (bicyclic) bond motifs is 6. The number of aromatic nitrogens is 1. The van der Waals surface area contributed by atoms with Gasteiger partial charge in [0, 0.05) is 38.9 Å². The number of anilines is 3. The van der Waals surface area contributed by atoms with Crippen LogP contribution in [0, 0.1) is 0 Å². The van der Waals surface area contributed by atoms with Crippen LogP contribution in [0.4, 0.5) is 17.1 Å². The molecule has 0 atom stereocenters. The topological polar surface area (TPSA) is 8.17 Å². The van der Waals surface area contributed by atoms with Crippen LogP contribution < -0.4 is 4.90 Å². The minimum absolute atomic E-state index is 0.0631. The molecule has 0 bridgehead atoms. The number of hydrogen-bond donors (Lipinski definition) is 0. The van der Waals surface area contributed by atoms with E-state index in [1.807, 2.05) is 0 Å². The molecule has 0 N–H and O–H groups in total. The Labute approximate surface area is 310 Å². The molecule has 1 heterocycles. The van der Waals surface area contributed by atoms with E-state index in [1.165, 1.54) is 72.0 Å². The van der Waals surface area contributed by atoms with E-state index in [-0.39, 0.29) is 5.41 Å². The molecule has 10 rings (SSSR count). The van der Waals surface area contributed by atoms with E-state index in [0.29, 0.717) is 0 Å². The van der Waals surface area contributed by atoms with Gasteiger partial charge in [-0.25, -0.2) is 0 Å². The average molecular weight is 679 g/mol. The van der Waals surface area contributed by atoms with Gasteiger partial charge in [-0.3, -0.25) is 0 Å². The van der Waals surface area contributed by atoms with Crippen LogP contribution in [-0.2, 0) is 5.41 Å². The molecule has 0 aliphatic heterocycles. The summed E-state index contributed by atoms with van der Waals surface area (Å²) in [4.78, 5) is 2.37. The van der Waals surface area contributed by atoms with Gasteiger partial charge in [0.1, 0.15) is 0 Å². The van der Waals surface area contributed by atoms with Crippen molar-refractivity contribution in [2.75, 3.05) is 4.90 Å². The zero-order valence-electron chi connectivity index (χ0n) is 29.9. The van der Waals surface area contributed by atoms with Gasteiger partial charge >= 0.3 is 0 Å². The Hall–Kier alpha value is -6.64. The molecule has 53 heavy (non-hydrogen) atoms. The number of rotatable bonds is 6. The summed E-state index contributed by atoms with van der Waals surface area (Å²) < 4.78 is 2.38. The molecule has 2 heteroatoms. The third-order valence-corrected chi connectivity index (χ3v) is 11.2. The molecular weight excluding hydrogens is 641 g/mol. The molecule has 9 aromatic rings. The van der Waals surface area contributed by atoms with Crippen LogP contribution in [0.25, 0.3) is 60.9 Å². The normalized spacial score (nSPS) is 12.9. The van der Waals surface area contributed by atoms with Crippen molar-refractivity contribution in [2.24, 2.45) is 0 Å². The SMILES string of the molecule is CC1(C)c2ccccc2-c2ccc(N(c3ccccc3)c3ccc(-c4ccc(-c5ccc6c7ccccc7n(-c7ccccc7)c6c5)cc4)cc3)cc21. The molecule has 0 saturated carbocycles. The van der Waals surface area contributed by atoms with Crippen molar-refractivity contribution in [3.63, 3.8) is 0 Å². The maximum atomic E-state index is 2.39. The summed E-state index contributed by atoms with van der Waals surface area (Å²) in [6.45, 7) is 4.69. The zero-order chi connectivity index (χ0) is 35.5. The first-order valence-corrected chi connectivity index (χ1v) is 18.4. The van der Waals surface area contributed by atoms with E-state index in [2.05, 4.69) is 217 Å². The Morgan fingerprint density at radius 1 is 0.377 bits per heavy atom. The maximum absolute atomic E-state index is 2.39. The lowest BCUT2D eigenvalue weighted by Crippen LogP contribution is -2.16. The van der Waals surface area contributed by atoms with Gasteiger partial charge in [-0.05, 0) is 105 Å². The third kappa shape index (κ3) is 5.10. The fourth-order valence-electron chi connectivity index (χ4n) is 8.52. The lowest BCUT2D eigenvalue weighted by atomic mass is 9.82. The first-order chi connectivity index (χ1) is 26.0. The maximum Gasteiger partial charge on any atom is 0.0547 e. The lowest BCUT2D eigenvalue weighted by molar-refractivity contribution is 0.660. The minimum atomic E-state index is -0.0631. The molecule has 2 nitrogen and oxygen atoms in total. The van der Waals surface area contributed by atoms with Gasteiger partial charge in [0.25, 0.3) is 0 Å². The summed E-state index contributed by atoms with van der Waals surface area (Å²) in [7, 11) is 0. The van der Waals surface area contributed by atoms with Crippen LogP contribution in [0.1, 0.15) is 25.0 Å². The van der Waals surface area contributed by atoms with Crippen LogP contribution in [0.15, 0.2) is 194 Å². The van der Waals surface area contributed by atoms with Crippen LogP contribution in [0.2, 0.25) is 0 Å². The quantitative estimate of drug-likeness (QED) is 0.170. The van der Waals surface area contributed by atoms with Crippen molar-refractivity contribution < 1.29 is 0 Å². The third-order valence-electron chi connectivity index (χ3n) is 11.2. The molecule has 0 radical (unpaired) electrons. The van der Waals surface area contributed by atoms with E-state index in [4.69, 9.17) is 0 Å². The van der Waals surface area contributed by atoms with Crippen LogP contribution in [0.3, 0.4) is 0 Å². The highest BCUT2D eigenvalue weighted by Gasteiger charge is 2.35. The van der Waals surface area contributed by atoms with Crippen molar-refractivity contribution in [2.45, 2.75) is 19.3 Å². The van der Waals surface area contributed by atoms with Gasteiger partial charge in [-0.2, -0.15) is 0 Å². The summed E-state index contributed by atoms with van der Waals surface area (Å²) in [5.41, 5.74) is 17.2. The molecule has 0 spiro atoms. The van der Waals surface area contributed by atoms with Crippen LogP contribution in [-0.4, -0.2) is 4.57 Å². The fraction of sp³-hybridized carbons (Fsp3) is 0.0588. The van der Waals surface area contributed by atoms with E-state index < -0.39 is 0 Å². The van der Waals surface area contributed by atoms with E-state index in [0.717, 1.165) is 17.1 Å². The molecular formula is C51H38N2. The van der Waals surface area contributed by atoms with Crippen LogP contribution in [0.5, 0.6) is 0 Å². The van der Waals surface area contributed by atoms with Gasteiger partial charge in [-0.15, -0.1) is 0 Å². The molecule has 0 fully saturated rings. The van der Waals surface area contributed by atoms with Crippen molar-refractivity contribution in [1.29, 1.82) is 0 Å². The fourth-order valence-corrected chi connectivity index (χ4v) is 8.52. The minimum Gasteiger partial charge on any atom is -0.310 e.